The van der Waals surface area contributed by atoms with Gasteiger partial charge in [-0.1, -0.05) is 70.1 Å². The molecule has 2 nitrogen and oxygen atoms in total. The van der Waals surface area contributed by atoms with E-state index in [1.54, 1.807) is 4.73 Å². The highest BCUT2D eigenvalue weighted by Crippen LogP contribution is 2.15. The van der Waals surface area contributed by atoms with E-state index in [-0.39, 0.29) is 0 Å². The Hall–Kier alpha value is -1.83. The lowest BCUT2D eigenvalue weighted by Gasteiger charge is -2.03. The molecular weight excluding hydrogens is 282 g/mol. The van der Waals surface area contributed by atoms with E-state index in [0.29, 0.717) is 0 Å². The van der Waals surface area contributed by atoms with Crippen LogP contribution in [-0.2, 0) is 6.42 Å². The Morgan fingerprint density at radius 2 is 1.35 bits per heavy atom. The molecule has 0 N–H and O–H groups in total. The van der Waals surface area contributed by atoms with E-state index < -0.39 is 0 Å². The van der Waals surface area contributed by atoms with Crippen molar-refractivity contribution < 1.29 is 9.57 Å². The molecule has 0 aliphatic rings. The molecule has 0 saturated heterocycles. The van der Waals surface area contributed by atoms with Crippen LogP contribution in [0.3, 0.4) is 0 Å². The van der Waals surface area contributed by atoms with Gasteiger partial charge in [-0.2, -0.15) is 0 Å². The molecule has 0 amide bonds. The number of aryl methyl sites for hydroxylation is 1. The molecule has 1 heterocycles. The predicted molar refractivity (Wildman–Crippen MR) is 95.4 cm³/mol. The number of hydrogen-bond acceptors (Lipinski definition) is 1. The Balaban J connectivity index is 1.61. The first-order valence-electron chi connectivity index (χ1n) is 9.12. The summed E-state index contributed by atoms with van der Waals surface area (Å²) in [7, 11) is 0. The van der Waals surface area contributed by atoms with Crippen molar-refractivity contribution in [2.45, 2.75) is 64.7 Å². The fourth-order valence-electron chi connectivity index (χ4n) is 2.75. The van der Waals surface area contributed by atoms with Crippen molar-refractivity contribution in [3.63, 3.8) is 0 Å². The number of nitrogens with zero attached hydrogens (tertiary/aromatic N) is 1. The van der Waals surface area contributed by atoms with Crippen molar-refractivity contribution in [3.8, 4) is 5.75 Å². The summed E-state index contributed by atoms with van der Waals surface area (Å²) >= 11 is 0. The van der Waals surface area contributed by atoms with Crippen LogP contribution in [0.2, 0.25) is 0 Å². The molecule has 0 radical (unpaired) electrons. The fourth-order valence-corrected chi connectivity index (χ4v) is 2.75. The second-order valence-corrected chi connectivity index (χ2v) is 6.20. The molecule has 1 aromatic carbocycles. The minimum absolute atomic E-state index is 0.876. The lowest BCUT2D eigenvalue weighted by atomic mass is 10.0. The van der Waals surface area contributed by atoms with Crippen LogP contribution in [0.4, 0.5) is 0 Å². The largest absolute Gasteiger partial charge is 0.232 e. The topological polar surface area (TPSA) is 13.1 Å². The molecule has 0 saturated carbocycles. The van der Waals surface area contributed by atoms with E-state index in [0.717, 1.165) is 5.75 Å². The smallest absolute Gasteiger partial charge is 0.223 e. The van der Waals surface area contributed by atoms with Crippen LogP contribution in [0.15, 0.2) is 54.9 Å². The zero-order chi connectivity index (χ0) is 16.2. The van der Waals surface area contributed by atoms with Crippen LogP contribution in [-0.4, -0.2) is 0 Å². The molecule has 124 valence electrons. The highest BCUT2D eigenvalue weighted by atomic mass is 16.7. The van der Waals surface area contributed by atoms with Gasteiger partial charge in [-0.05, 0) is 30.5 Å². The Morgan fingerprint density at radius 3 is 2.00 bits per heavy atom. The van der Waals surface area contributed by atoms with Gasteiger partial charge in [0.05, 0.1) is 0 Å². The molecular formula is C21H30NO+. The van der Waals surface area contributed by atoms with Crippen molar-refractivity contribution in [1.82, 2.24) is 0 Å². The van der Waals surface area contributed by atoms with Crippen LogP contribution < -0.4 is 9.57 Å². The molecule has 2 rings (SSSR count). The first-order valence-corrected chi connectivity index (χ1v) is 9.12. The van der Waals surface area contributed by atoms with E-state index in [1.165, 1.54) is 63.4 Å². The van der Waals surface area contributed by atoms with Crippen molar-refractivity contribution >= 4 is 0 Å². The van der Waals surface area contributed by atoms with Crippen molar-refractivity contribution in [3.05, 3.63) is 60.4 Å². The van der Waals surface area contributed by atoms with Gasteiger partial charge >= 0.3 is 0 Å². The monoisotopic (exact) mass is 312 g/mol. The number of pyridine rings is 1. The minimum atomic E-state index is 0.876. The minimum Gasteiger partial charge on any atom is -0.232 e. The Morgan fingerprint density at radius 1 is 0.739 bits per heavy atom. The highest BCUT2D eigenvalue weighted by molar-refractivity contribution is 5.26. The van der Waals surface area contributed by atoms with Crippen LogP contribution in [0.25, 0.3) is 0 Å². The third-order valence-corrected chi connectivity index (χ3v) is 4.14. The first-order chi connectivity index (χ1) is 11.4. The van der Waals surface area contributed by atoms with Gasteiger partial charge in [-0.3, -0.25) is 0 Å². The second-order valence-electron chi connectivity index (χ2n) is 6.20. The maximum absolute atomic E-state index is 5.74. The second kappa shape index (κ2) is 10.8. The van der Waals surface area contributed by atoms with Gasteiger partial charge in [0.2, 0.25) is 18.1 Å². The lowest BCUT2D eigenvalue weighted by molar-refractivity contribution is -0.875. The van der Waals surface area contributed by atoms with Crippen molar-refractivity contribution in [2.24, 2.45) is 0 Å². The molecule has 0 spiro atoms. The van der Waals surface area contributed by atoms with Crippen LogP contribution >= 0.6 is 0 Å². The zero-order valence-corrected chi connectivity index (χ0v) is 14.4. The summed E-state index contributed by atoms with van der Waals surface area (Å²) in [6.07, 6.45) is 16.0. The fraction of sp³-hybridized carbons (Fsp3) is 0.476. The van der Waals surface area contributed by atoms with E-state index in [2.05, 4.69) is 31.2 Å². The summed E-state index contributed by atoms with van der Waals surface area (Å²) in [5, 5.41) is 0. The predicted octanol–water partition coefficient (Wildman–Crippen LogP) is 5.50. The highest BCUT2D eigenvalue weighted by Gasteiger charge is 2.02. The quantitative estimate of drug-likeness (QED) is 0.394. The van der Waals surface area contributed by atoms with Gasteiger partial charge < -0.3 is 0 Å². The van der Waals surface area contributed by atoms with Gasteiger partial charge in [0, 0.05) is 16.9 Å². The molecule has 0 atom stereocenters. The average molecular weight is 312 g/mol. The maximum atomic E-state index is 5.74. The lowest BCUT2D eigenvalue weighted by Crippen LogP contribution is -2.38. The van der Waals surface area contributed by atoms with Gasteiger partial charge in [0.25, 0.3) is 0 Å². The van der Waals surface area contributed by atoms with Crippen LogP contribution in [0, 0.1) is 0 Å². The molecule has 0 bridgehead atoms. The van der Waals surface area contributed by atoms with Gasteiger partial charge in [0.1, 0.15) is 0 Å². The molecule has 2 aromatic rings. The van der Waals surface area contributed by atoms with Crippen molar-refractivity contribution in [2.75, 3.05) is 0 Å². The standard InChI is InChI=1S/C21H30NO/c1-2-3-4-5-6-7-8-10-13-20-14-16-21(17-15-20)23-22-18-11-9-12-19-22/h9,11-12,14-19H,2-8,10,13H2,1H3/q+1. The molecule has 0 aliphatic carbocycles. The van der Waals surface area contributed by atoms with Gasteiger partial charge in [0.15, 0.2) is 0 Å². The van der Waals surface area contributed by atoms with E-state index in [1.807, 2.05) is 30.6 Å². The number of aromatic nitrogens is 1. The van der Waals surface area contributed by atoms with Gasteiger partial charge in [-0.15, -0.1) is 0 Å². The molecule has 0 unspecified atom stereocenters. The summed E-state index contributed by atoms with van der Waals surface area (Å²) in [6, 6.07) is 14.4. The van der Waals surface area contributed by atoms with Crippen LogP contribution in [0.5, 0.6) is 5.75 Å². The number of hydrogen-bond donors (Lipinski definition) is 0. The molecule has 1 aromatic heterocycles. The number of rotatable bonds is 11. The summed E-state index contributed by atoms with van der Waals surface area (Å²) < 4.78 is 1.72. The number of benzene rings is 1. The molecule has 0 aliphatic heterocycles. The molecule has 23 heavy (non-hydrogen) atoms. The summed E-state index contributed by atoms with van der Waals surface area (Å²) in [4.78, 5) is 5.74. The third-order valence-electron chi connectivity index (χ3n) is 4.14. The summed E-state index contributed by atoms with van der Waals surface area (Å²) in [5.41, 5.74) is 1.40. The van der Waals surface area contributed by atoms with Crippen molar-refractivity contribution in [1.29, 1.82) is 0 Å². The Labute approximate surface area is 141 Å². The van der Waals surface area contributed by atoms with E-state index >= 15 is 0 Å². The number of unbranched alkanes of at least 4 members (excludes halogenated alkanes) is 7. The summed E-state index contributed by atoms with van der Waals surface area (Å²) in [6.45, 7) is 2.27. The zero-order valence-electron chi connectivity index (χ0n) is 14.4. The Bertz CT molecular complexity index is 521. The average Bonchev–Trinajstić information content (AvgIpc) is 2.60. The molecule has 0 fully saturated rings. The first kappa shape index (κ1) is 17.5. The summed E-state index contributed by atoms with van der Waals surface area (Å²) in [5.74, 6) is 0.876. The maximum Gasteiger partial charge on any atom is 0.223 e. The third kappa shape index (κ3) is 7.32. The van der Waals surface area contributed by atoms with Crippen LogP contribution in [0.1, 0.15) is 63.9 Å². The van der Waals surface area contributed by atoms with E-state index in [4.69, 9.17) is 4.84 Å². The SMILES string of the molecule is CCCCCCCCCCc1ccc(O[n+]2ccccc2)cc1. The Kier molecular flexibility index (Phi) is 8.25. The molecule has 2 heteroatoms. The van der Waals surface area contributed by atoms with E-state index in [9.17, 15) is 0 Å². The van der Waals surface area contributed by atoms with Gasteiger partial charge in [-0.25, -0.2) is 4.84 Å². The normalized spacial score (nSPS) is 10.7.